The van der Waals surface area contributed by atoms with E-state index in [0.717, 1.165) is 0 Å². The molecule has 0 atom stereocenters. The molecule has 0 aromatic heterocycles. The Morgan fingerprint density at radius 2 is 1.67 bits per heavy atom. The summed E-state index contributed by atoms with van der Waals surface area (Å²) in [6.07, 6.45) is 4.68. The molecule has 0 fully saturated rings. The van der Waals surface area contributed by atoms with Gasteiger partial charge < -0.3 is 23.1 Å². The first-order valence-corrected chi connectivity index (χ1v) is 1.37. The summed E-state index contributed by atoms with van der Waals surface area (Å²) in [6, 6.07) is 0. The van der Waals surface area contributed by atoms with Crippen molar-refractivity contribution in [1.29, 1.82) is 0 Å². The van der Waals surface area contributed by atoms with Gasteiger partial charge in [-0.15, -0.1) is 0 Å². The summed E-state index contributed by atoms with van der Waals surface area (Å²) in [5, 5.41) is 0. The van der Waals surface area contributed by atoms with Crippen molar-refractivity contribution in [3.05, 3.63) is 12.2 Å². The van der Waals surface area contributed by atoms with Gasteiger partial charge in [0.05, 0.1) is 0 Å². The van der Waals surface area contributed by atoms with E-state index < -0.39 is 0 Å². The molecule has 0 N–H and O–H groups in total. The van der Waals surface area contributed by atoms with Crippen LogP contribution < -0.4 is 17.0 Å². The molecule has 0 radical (unpaired) electrons. The maximum absolute atomic E-state index is 2.81. The van der Waals surface area contributed by atoms with Crippen LogP contribution in [0.5, 0.6) is 0 Å². The van der Waals surface area contributed by atoms with Crippen LogP contribution in [0.3, 0.4) is 0 Å². The first-order valence-electron chi connectivity index (χ1n) is 1.37. The van der Waals surface area contributed by atoms with Crippen molar-refractivity contribution in [2.75, 3.05) is 0 Å². The van der Waals surface area contributed by atoms with E-state index in [9.17, 15) is 0 Å². The SMILES string of the molecule is C[C-]=CC.[Br-].[Mg+2]. The van der Waals surface area contributed by atoms with Gasteiger partial charge in [-0.2, -0.15) is 6.92 Å². The first kappa shape index (κ1) is 15.8. The van der Waals surface area contributed by atoms with Crippen LogP contribution in [0, 0.1) is 6.08 Å². The molecule has 0 aliphatic rings. The number of rotatable bonds is 0. The van der Waals surface area contributed by atoms with Crippen LogP contribution in [-0.4, -0.2) is 23.1 Å². The molecule has 32 valence electrons. The summed E-state index contributed by atoms with van der Waals surface area (Å²) >= 11 is 0. The molecule has 6 heavy (non-hydrogen) atoms. The minimum absolute atomic E-state index is 0. The van der Waals surface area contributed by atoms with Crippen molar-refractivity contribution >= 4 is 23.1 Å². The molecule has 0 spiro atoms. The van der Waals surface area contributed by atoms with E-state index in [1.54, 1.807) is 0 Å². The summed E-state index contributed by atoms with van der Waals surface area (Å²) in [7, 11) is 0. The van der Waals surface area contributed by atoms with Gasteiger partial charge in [-0.3, -0.25) is 6.08 Å². The molecule has 0 amide bonds. The smallest absolute Gasteiger partial charge is 1.00 e. The summed E-state index contributed by atoms with van der Waals surface area (Å²) in [6.45, 7) is 3.82. The van der Waals surface area contributed by atoms with Crippen molar-refractivity contribution in [2.24, 2.45) is 0 Å². The third kappa shape index (κ3) is 20.1. The van der Waals surface area contributed by atoms with Crippen molar-refractivity contribution in [2.45, 2.75) is 13.8 Å². The van der Waals surface area contributed by atoms with Gasteiger partial charge in [0, 0.05) is 0 Å². The summed E-state index contributed by atoms with van der Waals surface area (Å²) in [4.78, 5) is 0. The minimum Gasteiger partial charge on any atom is -1.00 e. The number of hydrogen-bond acceptors (Lipinski definition) is 0. The van der Waals surface area contributed by atoms with Crippen LogP contribution in [0.4, 0.5) is 0 Å². The van der Waals surface area contributed by atoms with Gasteiger partial charge in [0.1, 0.15) is 0 Å². The zero-order valence-corrected chi connectivity index (χ0v) is 7.16. The van der Waals surface area contributed by atoms with Crippen molar-refractivity contribution in [3.8, 4) is 0 Å². The van der Waals surface area contributed by atoms with E-state index in [4.69, 9.17) is 0 Å². The molecule has 0 aromatic rings. The summed E-state index contributed by atoms with van der Waals surface area (Å²) in [5.74, 6) is 0. The van der Waals surface area contributed by atoms with Gasteiger partial charge in [-0.05, 0) is 0 Å². The third-order valence-corrected chi connectivity index (χ3v) is 0.289. The standard InChI is InChI=1S/C4H7.BrH.Mg/c1-3-4-2;;/h3H,1-2H3;1H;/q-1;;+2/p-1. The van der Waals surface area contributed by atoms with Crippen LogP contribution >= 0.6 is 0 Å². The average molecular weight is 159 g/mol. The van der Waals surface area contributed by atoms with E-state index in [2.05, 4.69) is 6.08 Å². The predicted octanol–water partition coefficient (Wildman–Crippen LogP) is -1.99. The second-order valence-electron chi connectivity index (χ2n) is 0.577. The maximum Gasteiger partial charge on any atom is 2.00 e. The molecule has 0 saturated heterocycles. The Morgan fingerprint density at radius 1 is 1.50 bits per heavy atom. The Bertz CT molecular complexity index is 22.7. The molecule has 0 aromatic carbocycles. The second kappa shape index (κ2) is 16.7. The van der Waals surface area contributed by atoms with E-state index in [-0.39, 0.29) is 40.0 Å². The largest absolute Gasteiger partial charge is 2.00 e. The molecule has 0 unspecified atom stereocenters. The molecule has 0 aliphatic heterocycles. The fourth-order valence-corrected chi connectivity index (χ4v) is 0. The van der Waals surface area contributed by atoms with Gasteiger partial charge in [0.15, 0.2) is 0 Å². The minimum atomic E-state index is 0. The fraction of sp³-hybridized carbons (Fsp3) is 0.500. The Labute approximate surface area is 65.9 Å². The Hall–Kier alpha value is 0.986. The average Bonchev–Trinajstić information content (AvgIpc) is 1.37. The van der Waals surface area contributed by atoms with Crippen molar-refractivity contribution in [1.82, 2.24) is 0 Å². The Kier molecular flexibility index (Phi) is 43.8. The van der Waals surface area contributed by atoms with Gasteiger partial charge in [0.25, 0.3) is 0 Å². The topological polar surface area (TPSA) is 0 Å². The molecule has 0 heterocycles. The number of halogens is 1. The van der Waals surface area contributed by atoms with E-state index >= 15 is 0 Å². The molecular weight excluding hydrogens is 152 g/mol. The van der Waals surface area contributed by atoms with Crippen LogP contribution in [-0.2, 0) is 0 Å². The molecule has 0 rings (SSSR count). The predicted molar refractivity (Wildman–Crippen MR) is 24.9 cm³/mol. The van der Waals surface area contributed by atoms with Crippen molar-refractivity contribution < 1.29 is 17.0 Å². The van der Waals surface area contributed by atoms with Crippen LogP contribution in [0.2, 0.25) is 0 Å². The van der Waals surface area contributed by atoms with Crippen molar-refractivity contribution in [3.63, 3.8) is 0 Å². The molecule has 2 heteroatoms. The maximum atomic E-state index is 2.81. The molecular formula is C4H7BrMg. The van der Waals surface area contributed by atoms with Gasteiger partial charge in [0.2, 0.25) is 0 Å². The summed E-state index contributed by atoms with van der Waals surface area (Å²) < 4.78 is 0. The van der Waals surface area contributed by atoms with Gasteiger partial charge in [-0.25, -0.2) is 0 Å². The second-order valence-corrected chi connectivity index (χ2v) is 0.577. The Morgan fingerprint density at radius 3 is 1.67 bits per heavy atom. The Balaban J connectivity index is -0.0000000450. The van der Waals surface area contributed by atoms with Crippen LogP contribution in [0.25, 0.3) is 0 Å². The zero-order valence-electron chi connectivity index (χ0n) is 4.16. The fourth-order valence-electron chi connectivity index (χ4n) is 0. The summed E-state index contributed by atoms with van der Waals surface area (Å²) in [5.41, 5.74) is 0. The molecule has 0 bridgehead atoms. The van der Waals surface area contributed by atoms with Gasteiger partial charge >= 0.3 is 23.1 Å². The number of hydrogen-bond donors (Lipinski definition) is 0. The number of allylic oxidation sites excluding steroid dienone is 2. The third-order valence-electron chi connectivity index (χ3n) is 0.289. The van der Waals surface area contributed by atoms with E-state index in [0.29, 0.717) is 0 Å². The quantitative estimate of drug-likeness (QED) is 0.284. The molecule has 0 saturated carbocycles. The molecule has 0 aliphatic carbocycles. The van der Waals surface area contributed by atoms with Crippen LogP contribution in [0.1, 0.15) is 13.8 Å². The van der Waals surface area contributed by atoms with Crippen LogP contribution in [0.15, 0.2) is 6.08 Å². The monoisotopic (exact) mass is 158 g/mol. The molecule has 0 nitrogen and oxygen atoms in total. The zero-order chi connectivity index (χ0) is 3.41. The normalized spacial score (nSPS) is 6.33. The van der Waals surface area contributed by atoms with E-state index in [1.807, 2.05) is 19.9 Å². The van der Waals surface area contributed by atoms with Gasteiger partial charge in [-0.1, -0.05) is 6.92 Å². The van der Waals surface area contributed by atoms with E-state index in [1.165, 1.54) is 0 Å². The first-order chi connectivity index (χ1) is 1.91.